The zero-order valence-electron chi connectivity index (χ0n) is 25.0. The fourth-order valence-electron chi connectivity index (χ4n) is 6.82. The molecular formula is C34H38N4O5. The highest BCUT2D eigenvalue weighted by Crippen LogP contribution is 2.36. The van der Waals surface area contributed by atoms with Gasteiger partial charge in [-0.25, -0.2) is 0 Å². The average Bonchev–Trinajstić information content (AvgIpc) is 3.46. The van der Waals surface area contributed by atoms with E-state index in [-0.39, 0.29) is 17.7 Å². The third-order valence-corrected chi connectivity index (χ3v) is 9.23. The largest absolute Gasteiger partial charge is 0.451 e. The van der Waals surface area contributed by atoms with Gasteiger partial charge in [0.2, 0.25) is 18.2 Å². The summed E-state index contributed by atoms with van der Waals surface area (Å²) in [6.45, 7) is 4.57. The number of nitrogens with zero attached hydrogens (tertiary/aromatic N) is 4. The Balaban J connectivity index is 1.20. The molecule has 0 unspecified atom stereocenters. The van der Waals surface area contributed by atoms with Crippen molar-refractivity contribution >= 4 is 40.7 Å². The summed E-state index contributed by atoms with van der Waals surface area (Å²) in [6, 6.07) is 13.3. The standard InChI is InChI=1S/C34H38N4O5/c1-22(40)36-14-11-23(12-15-36)28-8-4-6-26-20-38(21-39)30(18-29(26)28)33(41)37-13-5-7-25(19-37)24-9-10-31-27(16-24)17-32(43-31)34(42)35(2)3/h4,6-10,16-17,21,23,30H,5,11-15,18-20H2,1-3H3/t30-/m1/s1. The van der Waals surface area contributed by atoms with Crippen LogP contribution >= 0.6 is 0 Å². The zero-order valence-corrected chi connectivity index (χ0v) is 25.0. The van der Waals surface area contributed by atoms with Crippen molar-refractivity contribution in [3.63, 3.8) is 0 Å². The Hall–Kier alpha value is -4.40. The van der Waals surface area contributed by atoms with E-state index in [2.05, 4.69) is 24.3 Å². The van der Waals surface area contributed by atoms with E-state index in [1.165, 1.54) is 16.0 Å². The number of hydrogen-bond acceptors (Lipinski definition) is 5. The molecule has 9 heteroatoms. The van der Waals surface area contributed by atoms with E-state index in [0.29, 0.717) is 43.3 Å². The van der Waals surface area contributed by atoms with Gasteiger partial charge < -0.3 is 24.0 Å². The predicted molar refractivity (Wildman–Crippen MR) is 163 cm³/mol. The highest BCUT2D eigenvalue weighted by molar-refractivity contribution is 5.96. The molecule has 43 heavy (non-hydrogen) atoms. The predicted octanol–water partition coefficient (Wildman–Crippen LogP) is 4.06. The van der Waals surface area contributed by atoms with Crippen molar-refractivity contribution in [2.24, 2.45) is 0 Å². The molecule has 4 heterocycles. The number of fused-ring (bicyclic) bond motifs is 2. The van der Waals surface area contributed by atoms with Gasteiger partial charge in [0.1, 0.15) is 11.6 Å². The third kappa shape index (κ3) is 5.56. The molecule has 0 aliphatic carbocycles. The zero-order chi connectivity index (χ0) is 30.2. The van der Waals surface area contributed by atoms with E-state index < -0.39 is 6.04 Å². The molecule has 3 aromatic rings. The lowest BCUT2D eigenvalue weighted by molar-refractivity contribution is -0.141. The first kappa shape index (κ1) is 28.7. The van der Waals surface area contributed by atoms with Crippen LogP contribution in [0.2, 0.25) is 0 Å². The second kappa shape index (κ2) is 11.7. The van der Waals surface area contributed by atoms with Crippen molar-refractivity contribution in [1.82, 2.24) is 19.6 Å². The number of carbonyl (C=O) groups excluding carboxylic acids is 4. The van der Waals surface area contributed by atoms with E-state index in [1.54, 1.807) is 32.0 Å². The molecule has 3 aliphatic heterocycles. The molecule has 0 bridgehead atoms. The van der Waals surface area contributed by atoms with Gasteiger partial charge in [-0.1, -0.05) is 30.3 Å². The Labute approximate surface area is 251 Å². The van der Waals surface area contributed by atoms with Crippen LogP contribution in [-0.4, -0.2) is 90.0 Å². The van der Waals surface area contributed by atoms with Crippen molar-refractivity contribution in [3.05, 3.63) is 76.6 Å². The van der Waals surface area contributed by atoms with Gasteiger partial charge >= 0.3 is 0 Å². The summed E-state index contributed by atoms with van der Waals surface area (Å²) in [7, 11) is 3.38. The number of carbonyl (C=O) groups is 4. The molecule has 6 rings (SSSR count). The Morgan fingerprint density at radius 1 is 0.977 bits per heavy atom. The molecule has 1 saturated heterocycles. The van der Waals surface area contributed by atoms with Crippen molar-refractivity contribution in [3.8, 4) is 0 Å². The van der Waals surface area contributed by atoms with Crippen LogP contribution in [-0.2, 0) is 27.3 Å². The molecule has 1 fully saturated rings. The third-order valence-electron chi connectivity index (χ3n) is 9.23. The van der Waals surface area contributed by atoms with E-state index >= 15 is 0 Å². The normalized spacial score (nSPS) is 19.2. The molecule has 1 atom stereocenters. The Kier molecular flexibility index (Phi) is 7.81. The maximum atomic E-state index is 14.1. The number of rotatable bonds is 5. The second-order valence-electron chi connectivity index (χ2n) is 12.1. The minimum absolute atomic E-state index is 0.0344. The molecular weight excluding hydrogens is 544 g/mol. The van der Waals surface area contributed by atoms with E-state index in [0.717, 1.165) is 60.8 Å². The first-order valence-electron chi connectivity index (χ1n) is 15.0. The van der Waals surface area contributed by atoms with Crippen LogP contribution in [0, 0.1) is 0 Å². The number of furan rings is 1. The Bertz CT molecular complexity index is 1610. The maximum Gasteiger partial charge on any atom is 0.289 e. The van der Waals surface area contributed by atoms with Crippen molar-refractivity contribution in [2.45, 2.75) is 51.1 Å². The fraction of sp³-hybridized carbons (Fsp3) is 0.412. The van der Waals surface area contributed by atoms with Crippen LogP contribution in [0.1, 0.15) is 64.9 Å². The van der Waals surface area contributed by atoms with Crippen LogP contribution in [0.4, 0.5) is 0 Å². The van der Waals surface area contributed by atoms with Gasteiger partial charge in [-0.2, -0.15) is 0 Å². The smallest absolute Gasteiger partial charge is 0.289 e. The summed E-state index contributed by atoms with van der Waals surface area (Å²) in [6.07, 6.45) is 5.99. The lowest BCUT2D eigenvalue weighted by Crippen LogP contribution is -2.52. The highest BCUT2D eigenvalue weighted by Gasteiger charge is 2.36. The van der Waals surface area contributed by atoms with Crippen LogP contribution < -0.4 is 0 Å². The molecule has 0 radical (unpaired) electrons. The van der Waals surface area contributed by atoms with Gasteiger partial charge in [0, 0.05) is 65.5 Å². The monoisotopic (exact) mass is 582 g/mol. The number of amides is 4. The van der Waals surface area contributed by atoms with Gasteiger partial charge in [0.25, 0.3) is 5.91 Å². The molecule has 3 aliphatic rings. The summed E-state index contributed by atoms with van der Waals surface area (Å²) in [5, 5.41) is 0.838. The van der Waals surface area contributed by atoms with E-state index in [1.807, 2.05) is 28.0 Å². The van der Waals surface area contributed by atoms with Crippen LogP contribution in [0.3, 0.4) is 0 Å². The van der Waals surface area contributed by atoms with Gasteiger partial charge in [-0.15, -0.1) is 0 Å². The SMILES string of the molecule is CC(=O)N1CCC(c2cccc3c2C[C@H](C(=O)N2CCC=C(c4ccc5oc(C(=O)N(C)C)cc5c4)C2)N(C=O)C3)CC1. The highest BCUT2D eigenvalue weighted by atomic mass is 16.3. The maximum absolute atomic E-state index is 14.1. The summed E-state index contributed by atoms with van der Waals surface area (Å²) in [5.74, 6) is 0.518. The van der Waals surface area contributed by atoms with Gasteiger partial charge in [-0.3, -0.25) is 19.2 Å². The molecule has 0 spiro atoms. The van der Waals surface area contributed by atoms with Crippen LogP contribution in [0.25, 0.3) is 16.5 Å². The van der Waals surface area contributed by atoms with Gasteiger partial charge in [0.15, 0.2) is 5.76 Å². The average molecular weight is 583 g/mol. The van der Waals surface area contributed by atoms with Crippen molar-refractivity contribution in [2.75, 3.05) is 40.3 Å². The second-order valence-corrected chi connectivity index (χ2v) is 12.1. The minimum Gasteiger partial charge on any atom is -0.451 e. The molecule has 224 valence electrons. The van der Waals surface area contributed by atoms with E-state index in [4.69, 9.17) is 4.42 Å². The van der Waals surface area contributed by atoms with Crippen molar-refractivity contribution < 1.29 is 23.6 Å². The Morgan fingerprint density at radius 2 is 1.77 bits per heavy atom. The minimum atomic E-state index is -0.557. The summed E-state index contributed by atoms with van der Waals surface area (Å²) in [4.78, 5) is 57.4. The summed E-state index contributed by atoms with van der Waals surface area (Å²) < 4.78 is 5.76. The lowest BCUT2D eigenvalue weighted by atomic mass is 9.81. The summed E-state index contributed by atoms with van der Waals surface area (Å²) in [5.41, 5.74) is 6.20. The number of likely N-dealkylation sites (tertiary alicyclic amines) is 1. The fourth-order valence-corrected chi connectivity index (χ4v) is 6.82. The number of hydrogen-bond donors (Lipinski definition) is 0. The lowest BCUT2D eigenvalue weighted by Gasteiger charge is -2.40. The first-order chi connectivity index (χ1) is 20.7. The van der Waals surface area contributed by atoms with E-state index in [9.17, 15) is 19.2 Å². The van der Waals surface area contributed by atoms with Crippen molar-refractivity contribution in [1.29, 1.82) is 0 Å². The first-order valence-corrected chi connectivity index (χ1v) is 15.0. The van der Waals surface area contributed by atoms with Crippen LogP contribution in [0.5, 0.6) is 0 Å². The number of benzene rings is 2. The topological polar surface area (TPSA) is 94.4 Å². The Morgan fingerprint density at radius 3 is 2.49 bits per heavy atom. The quantitative estimate of drug-likeness (QED) is 0.423. The molecule has 4 amide bonds. The van der Waals surface area contributed by atoms with Crippen LogP contribution in [0.15, 0.2) is 53.0 Å². The molecule has 0 N–H and O–H groups in total. The molecule has 0 saturated carbocycles. The van der Waals surface area contributed by atoms with Gasteiger partial charge in [0.05, 0.1) is 0 Å². The number of piperidine rings is 1. The molecule has 2 aromatic carbocycles. The molecule has 1 aromatic heterocycles. The van der Waals surface area contributed by atoms with Gasteiger partial charge in [-0.05, 0) is 71.2 Å². The molecule has 9 nitrogen and oxygen atoms in total. The summed E-state index contributed by atoms with van der Waals surface area (Å²) >= 11 is 0.